The van der Waals surface area contributed by atoms with Crippen molar-refractivity contribution in [3.63, 3.8) is 0 Å². The van der Waals surface area contributed by atoms with Crippen LogP contribution in [0.2, 0.25) is 0 Å². The Labute approximate surface area is 114 Å². The van der Waals surface area contributed by atoms with E-state index in [0.717, 1.165) is 10.6 Å². The number of thiophene rings is 1. The van der Waals surface area contributed by atoms with E-state index >= 15 is 0 Å². The first-order chi connectivity index (χ1) is 9.15. The number of carbonyl (C=O) groups is 1. The van der Waals surface area contributed by atoms with E-state index in [9.17, 15) is 4.79 Å². The van der Waals surface area contributed by atoms with Crippen LogP contribution in [0.4, 0.5) is 5.82 Å². The van der Waals surface area contributed by atoms with Crippen LogP contribution >= 0.6 is 11.3 Å². The van der Waals surface area contributed by atoms with Crippen LogP contribution in [0.15, 0.2) is 33.3 Å². The van der Waals surface area contributed by atoms with Crippen LogP contribution in [0.25, 0.3) is 0 Å². The van der Waals surface area contributed by atoms with Gasteiger partial charge in [-0.3, -0.25) is 4.79 Å². The van der Waals surface area contributed by atoms with Crippen LogP contribution in [0.3, 0.4) is 0 Å². The smallest absolute Gasteiger partial charge is 0.266 e. The van der Waals surface area contributed by atoms with E-state index in [1.165, 1.54) is 0 Å². The molecule has 0 spiro atoms. The molecule has 2 aromatic heterocycles. The Bertz CT molecular complexity index is 575. The topological polar surface area (TPSA) is 76.7 Å². The summed E-state index contributed by atoms with van der Waals surface area (Å²) in [7, 11) is 0. The molecule has 19 heavy (non-hydrogen) atoms. The lowest BCUT2D eigenvalue weighted by Crippen LogP contribution is -2.17. The van der Waals surface area contributed by atoms with Gasteiger partial charge in [-0.15, -0.1) is 11.3 Å². The Kier molecular flexibility index (Phi) is 4.30. The lowest BCUT2D eigenvalue weighted by atomic mass is 10.3. The molecule has 0 unspecified atom stereocenters. The van der Waals surface area contributed by atoms with Gasteiger partial charge in [0.25, 0.3) is 5.91 Å². The zero-order valence-corrected chi connectivity index (χ0v) is 11.4. The van der Waals surface area contributed by atoms with Crippen LogP contribution in [0.5, 0.6) is 0 Å². The first-order valence-corrected chi connectivity index (χ1v) is 6.47. The number of nitrogens with zero attached hydrogens (tertiary/aromatic N) is 2. The summed E-state index contributed by atoms with van der Waals surface area (Å²) >= 11 is 1.56. The van der Waals surface area contributed by atoms with Crippen molar-refractivity contribution in [2.45, 2.75) is 13.8 Å². The average Bonchev–Trinajstić information content (AvgIpc) is 3.00. The molecular formula is C12H13N3O3S. The number of rotatable bonds is 5. The highest BCUT2D eigenvalue weighted by atomic mass is 32.1. The molecule has 7 heteroatoms. The van der Waals surface area contributed by atoms with Gasteiger partial charge in [-0.1, -0.05) is 16.4 Å². The van der Waals surface area contributed by atoms with Gasteiger partial charge >= 0.3 is 0 Å². The number of aromatic nitrogens is 1. The van der Waals surface area contributed by atoms with Crippen LogP contribution in [0, 0.1) is 6.92 Å². The van der Waals surface area contributed by atoms with Crippen molar-refractivity contribution in [2.75, 3.05) is 11.9 Å². The lowest BCUT2D eigenvalue weighted by molar-refractivity contribution is -0.120. The highest BCUT2D eigenvalue weighted by molar-refractivity contribution is 7.12. The number of oxime groups is 1. The van der Waals surface area contributed by atoms with Crippen molar-refractivity contribution in [2.24, 2.45) is 5.16 Å². The van der Waals surface area contributed by atoms with E-state index in [0.29, 0.717) is 11.6 Å². The van der Waals surface area contributed by atoms with Gasteiger partial charge in [-0.25, -0.2) is 0 Å². The van der Waals surface area contributed by atoms with Crippen molar-refractivity contribution in [1.82, 2.24) is 5.16 Å². The highest BCUT2D eigenvalue weighted by Crippen LogP contribution is 2.10. The molecule has 0 saturated carbocycles. The number of anilines is 1. The summed E-state index contributed by atoms with van der Waals surface area (Å²) in [6, 6.07) is 5.49. The standard InChI is InChI=1S/C12H13N3O3S/c1-8-6-11(15-18-8)13-12(16)7-17-14-9(2)10-4-3-5-19-10/h3-6H,7H2,1-2H3,(H,13,15,16)/b14-9+. The predicted molar refractivity (Wildman–Crippen MR) is 72.4 cm³/mol. The minimum absolute atomic E-state index is 0.172. The first-order valence-electron chi connectivity index (χ1n) is 5.59. The molecule has 1 N–H and O–H groups in total. The van der Waals surface area contributed by atoms with Gasteiger partial charge < -0.3 is 14.7 Å². The van der Waals surface area contributed by atoms with Gasteiger partial charge in [-0.05, 0) is 25.3 Å². The molecule has 0 fully saturated rings. The quantitative estimate of drug-likeness (QED) is 0.673. The Balaban J connectivity index is 1.79. The van der Waals surface area contributed by atoms with Crippen LogP contribution in [0.1, 0.15) is 17.6 Å². The maximum absolute atomic E-state index is 11.5. The summed E-state index contributed by atoms with van der Waals surface area (Å²) in [6.45, 7) is 3.40. The van der Waals surface area contributed by atoms with Gasteiger partial charge in [0.15, 0.2) is 12.4 Å². The molecular weight excluding hydrogens is 266 g/mol. The summed E-state index contributed by atoms with van der Waals surface area (Å²) in [5.74, 6) is 0.656. The molecule has 2 rings (SSSR count). The molecule has 0 aromatic carbocycles. The zero-order chi connectivity index (χ0) is 13.7. The summed E-state index contributed by atoms with van der Waals surface area (Å²) in [6.07, 6.45) is 0. The minimum Gasteiger partial charge on any atom is -0.385 e. The second kappa shape index (κ2) is 6.14. The summed E-state index contributed by atoms with van der Waals surface area (Å²) in [5, 5.41) is 12.0. The van der Waals surface area contributed by atoms with E-state index in [4.69, 9.17) is 9.36 Å². The molecule has 100 valence electrons. The summed E-state index contributed by atoms with van der Waals surface area (Å²) in [5.41, 5.74) is 0.736. The molecule has 0 atom stereocenters. The first kappa shape index (κ1) is 13.3. The lowest BCUT2D eigenvalue weighted by Gasteiger charge is -2.01. The Hall–Kier alpha value is -2.15. The van der Waals surface area contributed by atoms with Crippen LogP contribution in [-0.4, -0.2) is 23.4 Å². The third-order valence-electron chi connectivity index (χ3n) is 2.17. The van der Waals surface area contributed by atoms with Gasteiger partial charge in [0.2, 0.25) is 0 Å². The maximum atomic E-state index is 11.5. The molecule has 0 saturated heterocycles. The largest absolute Gasteiger partial charge is 0.385 e. The zero-order valence-electron chi connectivity index (χ0n) is 10.5. The Morgan fingerprint density at radius 2 is 2.47 bits per heavy atom. The van der Waals surface area contributed by atoms with E-state index in [1.807, 2.05) is 24.4 Å². The number of carbonyl (C=O) groups excluding carboxylic acids is 1. The molecule has 1 amide bonds. The molecule has 0 aliphatic rings. The van der Waals surface area contributed by atoms with E-state index < -0.39 is 0 Å². The number of hydrogen-bond acceptors (Lipinski definition) is 6. The highest BCUT2D eigenvalue weighted by Gasteiger charge is 2.06. The fourth-order valence-electron chi connectivity index (χ4n) is 1.32. The van der Waals surface area contributed by atoms with Gasteiger partial charge in [0, 0.05) is 6.07 Å². The van der Waals surface area contributed by atoms with E-state index in [-0.39, 0.29) is 12.5 Å². The van der Waals surface area contributed by atoms with Crippen LogP contribution in [-0.2, 0) is 9.63 Å². The van der Waals surface area contributed by atoms with Crippen molar-refractivity contribution in [1.29, 1.82) is 0 Å². The monoisotopic (exact) mass is 279 g/mol. The second-order valence-corrected chi connectivity index (χ2v) is 4.75. The second-order valence-electron chi connectivity index (χ2n) is 3.80. The van der Waals surface area contributed by atoms with Crippen molar-refractivity contribution >= 4 is 28.8 Å². The van der Waals surface area contributed by atoms with Crippen LogP contribution < -0.4 is 5.32 Å². The van der Waals surface area contributed by atoms with Gasteiger partial charge in [-0.2, -0.15) is 0 Å². The SMILES string of the molecule is C/C(=N\OCC(=O)Nc1cc(C)on1)c1cccs1. The molecule has 2 aromatic rings. The van der Waals surface area contributed by atoms with Gasteiger partial charge in [0.05, 0.1) is 10.6 Å². The number of aryl methyl sites for hydroxylation is 1. The summed E-state index contributed by atoms with van der Waals surface area (Å²) < 4.78 is 4.83. The Morgan fingerprint density at radius 1 is 1.63 bits per heavy atom. The third kappa shape index (κ3) is 3.92. The Morgan fingerprint density at radius 3 is 3.11 bits per heavy atom. The molecule has 2 heterocycles. The molecule has 0 aliphatic heterocycles. The van der Waals surface area contributed by atoms with Gasteiger partial charge in [0.1, 0.15) is 5.76 Å². The normalized spacial score (nSPS) is 11.4. The average molecular weight is 279 g/mol. The molecule has 0 radical (unpaired) electrons. The maximum Gasteiger partial charge on any atom is 0.266 e. The van der Waals surface area contributed by atoms with E-state index in [1.54, 1.807) is 24.3 Å². The molecule has 6 nitrogen and oxygen atoms in total. The fraction of sp³-hybridized carbons (Fsp3) is 0.250. The third-order valence-corrected chi connectivity index (χ3v) is 3.15. The number of hydrogen-bond donors (Lipinski definition) is 1. The summed E-state index contributed by atoms with van der Waals surface area (Å²) in [4.78, 5) is 17.5. The van der Waals surface area contributed by atoms with Crippen molar-refractivity contribution < 1.29 is 14.2 Å². The molecule has 0 bridgehead atoms. The minimum atomic E-state index is -0.337. The fourth-order valence-corrected chi connectivity index (χ4v) is 1.99. The number of amides is 1. The van der Waals surface area contributed by atoms with Crippen molar-refractivity contribution in [3.8, 4) is 0 Å². The van der Waals surface area contributed by atoms with E-state index in [2.05, 4.69) is 15.6 Å². The number of nitrogens with one attached hydrogen (secondary N) is 1. The molecule has 0 aliphatic carbocycles. The predicted octanol–water partition coefficient (Wildman–Crippen LogP) is 2.42. The van der Waals surface area contributed by atoms with Crippen molar-refractivity contribution in [3.05, 3.63) is 34.2 Å².